The number of carbonyl (C=O) groups is 1. The Morgan fingerprint density at radius 1 is 1.09 bits per heavy atom. The number of piperazine rings is 1. The molecule has 1 amide bonds. The van der Waals surface area contributed by atoms with Crippen LogP contribution in [0.3, 0.4) is 0 Å². The molecule has 33 heavy (non-hydrogen) atoms. The predicted octanol–water partition coefficient (Wildman–Crippen LogP) is 3.19. The minimum absolute atomic E-state index is 0.0494. The topological polar surface area (TPSA) is 71.0 Å². The number of thioether (sulfide) groups is 1. The Morgan fingerprint density at radius 3 is 2.36 bits per heavy atom. The molecule has 0 saturated carbocycles. The van der Waals surface area contributed by atoms with Gasteiger partial charge in [-0.1, -0.05) is 23.4 Å². The molecular formula is C23H30ClN5O3S. The highest BCUT2D eigenvalue weighted by Gasteiger charge is 2.26. The molecule has 0 N–H and O–H groups in total. The van der Waals surface area contributed by atoms with Crippen LogP contribution >= 0.6 is 23.4 Å². The first-order chi connectivity index (χ1) is 15.9. The molecule has 0 radical (unpaired) electrons. The zero-order chi connectivity index (χ0) is 23.4. The van der Waals surface area contributed by atoms with Crippen molar-refractivity contribution in [2.24, 2.45) is 0 Å². The Bertz CT molecular complexity index is 946. The number of benzene rings is 1. The number of rotatable bonds is 6. The Morgan fingerprint density at radius 2 is 1.73 bits per heavy atom. The molecule has 1 aromatic carbocycles. The normalized spacial score (nSPS) is 21.3. The molecule has 1 aromatic heterocycles. The summed E-state index contributed by atoms with van der Waals surface area (Å²) >= 11 is 7.63. The minimum atomic E-state index is 0.0494. The molecule has 8 nitrogen and oxygen atoms in total. The fourth-order valence-corrected chi connectivity index (χ4v) is 5.18. The average Bonchev–Trinajstić information content (AvgIpc) is 2.82. The molecule has 2 saturated heterocycles. The fourth-order valence-electron chi connectivity index (χ4n) is 4.20. The lowest BCUT2D eigenvalue weighted by molar-refractivity contribution is -0.140. The largest absolute Gasteiger partial charge is 0.497 e. The Hall–Kier alpha value is -2.23. The number of amides is 1. The van der Waals surface area contributed by atoms with Crippen molar-refractivity contribution >= 4 is 40.8 Å². The molecule has 0 aliphatic carbocycles. The summed E-state index contributed by atoms with van der Waals surface area (Å²) < 4.78 is 11.0. The van der Waals surface area contributed by atoms with Gasteiger partial charge in [0, 0.05) is 51.0 Å². The van der Waals surface area contributed by atoms with Crippen LogP contribution in [0.4, 0.5) is 11.5 Å². The standard InChI is InChI=1S/C23H30ClN5O3S/c1-16-13-29(14-17(2)32-16)22(30)15-33-23-25-20(24)12-21(26-23)28-10-8-27(9-11-28)18-4-6-19(31-3)7-5-18/h4-7,12,16-17H,8-11,13-15H2,1-3H3. The van der Waals surface area contributed by atoms with Crippen LogP contribution in [0.5, 0.6) is 5.75 Å². The Kier molecular flexibility index (Phi) is 7.82. The maximum atomic E-state index is 12.7. The van der Waals surface area contributed by atoms with Gasteiger partial charge in [-0.05, 0) is 38.1 Å². The van der Waals surface area contributed by atoms with Crippen LogP contribution in [0.15, 0.2) is 35.5 Å². The zero-order valence-electron chi connectivity index (χ0n) is 19.2. The SMILES string of the molecule is COc1ccc(N2CCN(c3cc(Cl)nc(SCC(=O)N4CC(C)OC(C)C4)n3)CC2)cc1. The highest BCUT2D eigenvalue weighted by molar-refractivity contribution is 7.99. The van der Waals surface area contributed by atoms with Crippen LogP contribution in [-0.2, 0) is 9.53 Å². The van der Waals surface area contributed by atoms with Crippen LogP contribution in [0, 0.1) is 0 Å². The number of anilines is 2. The number of methoxy groups -OCH3 is 1. The van der Waals surface area contributed by atoms with Gasteiger partial charge in [-0.15, -0.1) is 0 Å². The van der Waals surface area contributed by atoms with Crippen molar-refractivity contribution in [1.29, 1.82) is 0 Å². The quantitative estimate of drug-likeness (QED) is 0.346. The molecule has 2 aliphatic heterocycles. The third kappa shape index (κ3) is 6.22. The number of nitrogens with zero attached hydrogens (tertiary/aromatic N) is 5. The van der Waals surface area contributed by atoms with E-state index in [9.17, 15) is 4.79 Å². The maximum absolute atomic E-state index is 12.7. The van der Waals surface area contributed by atoms with E-state index in [0.717, 1.165) is 37.7 Å². The van der Waals surface area contributed by atoms with Crippen molar-refractivity contribution < 1.29 is 14.3 Å². The number of hydrogen-bond acceptors (Lipinski definition) is 8. The summed E-state index contributed by atoms with van der Waals surface area (Å²) in [6.45, 7) is 8.62. The van der Waals surface area contributed by atoms with E-state index in [1.807, 2.05) is 30.9 Å². The average molecular weight is 492 g/mol. The molecule has 178 valence electrons. The van der Waals surface area contributed by atoms with Crippen molar-refractivity contribution in [2.75, 3.05) is 61.9 Å². The minimum Gasteiger partial charge on any atom is -0.497 e. The van der Waals surface area contributed by atoms with Crippen molar-refractivity contribution in [2.45, 2.75) is 31.2 Å². The van der Waals surface area contributed by atoms with Crippen molar-refractivity contribution in [3.05, 3.63) is 35.5 Å². The summed E-state index contributed by atoms with van der Waals surface area (Å²) in [5.74, 6) is 2.01. The second-order valence-corrected chi connectivity index (χ2v) is 9.68. The number of halogens is 1. The van der Waals surface area contributed by atoms with Gasteiger partial charge in [0.25, 0.3) is 0 Å². The number of morpholine rings is 1. The molecule has 3 heterocycles. The van der Waals surface area contributed by atoms with Gasteiger partial charge in [-0.2, -0.15) is 0 Å². The number of ether oxygens (including phenoxy) is 2. The van der Waals surface area contributed by atoms with E-state index in [2.05, 4.69) is 31.9 Å². The van der Waals surface area contributed by atoms with E-state index in [1.54, 1.807) is 13.2 Å². The van der Waals surface area contributed by atoms with Gasteiger partial charge in [-0.3, -0.25) is 4.79 Å². The molecule has 10 heteroatoms. The molecule has 0 bridgehead atoms. The van der Waals surface area contributed by atoms with Gasteiger partial charge in [0.15, 0.2) is 5.16 Å². The third-order valence-electron chi connectivity index (χ3n) is 5.80. The Labute approximate surface area is 204 Å². The molecule has 2 unspecified atom stereocenters. The first-order valence-electron chi connectivity index (χ1n) is 11.2. The van der Waals surface area contributed by atoms with Gasteiger partial charge >= 0.3 is 0 Å². The van der Waals surface area contributed by atoms with Crippen LogP contribution in [-0.4, -0.2) is 85.1 Å². The monoisotopic (exact) mass is 491 g/mol. The molecule has 2 fully saturated rings. The van der Waals surface area contributed by atoms with Crippen molar-refractivity contribution in [3.63, 3.8) is 0 Å². The van der Waals surface area contributed by atoms with Crippen LogP contribution in [0.2, 0.25) is 5.15 Å². The van der Waals surface area contributed by atoms with E-state index in [4.69, 9.17) is 21.1 Å². The van der Waals surface area contributed by atoms with E-state index in [0.29, 0.717) is 23.4 Å². The van der Waals surface area contributed by atoms with Crippen LogP contribution in [0.1, 0.15) is 13.8 Å². The highest BCUT2D eigenvalue weighted by Crippen LogP contribution is 2.25. The molecule has 2 aliphatic rings. The summed E-state index contributed by atoms with van der Waals surface area (Å²) in [4.78, 5) is 28.1. The molecule has 0 spiro atoms. The predicted molar refractivity (Wildman–Crippen MR) is 132 cm³/mol. The van der Waals surface area contributed by atoms with Gasteiger partial charge in [0.2, 0.25) is 5.91 Å². The van der Waals surface area contributed by atoms with Crippen molar-refractivity contribution in [3.8, 4) is 5.75 Å². The zero-order valence-corrected chi connectivity index (χ0v) is 20.8. The highest BCUT2D eigenvalue weighted by atomic mass is 35.5. The van der Waals surface area contributed by atoms with E-state index >= 15 is 0 Å². The summed E-state index contributed by atoms with van der Waals surface area (Å²) in [6, 6.07) is 9.92. The fraction of sp³-hybridized carbons (Fsp3) is 0.522. The summed E-state index contributed by atoms with van der Waals surface area (Å²) in [7, 11) is 1.67. The summed E-state index contributed by atoms with van der Waals surface area (Å²) in [5.41, 5.74) is 1.18. The van der Waals surface area contributed by atoms with Gasteiger partial charge in [0.05, 0.1) is 25.1 Å². The second-order valence-electron chi connectivity index (χ2n) is 8.35. The first-order valence-corrected chi connectivity index (χ1v) is 12.5. The third-order valence-corrected chi connectivity index (χ3v) is 6.82. The van der Waals surface area contributed by atoms with E-state index in [-0.39, 0.29) is 23.9 Å². The van der Waals surface area contributed by atoms with Gasteiger partial charge in [-0.25, -0.2) is 9.97 Å². The van der Waals surface area contributed by atoms with E-state index in [1.165, 1.54) is 17.4 Å². The van der Waals surface area contributed by atoms with Gasteiger partial charge < -0.3 is 24.2 Å². The Balaban J connectivity index is 1.34. The van der Waals surface area contributed by atoms with Gasteiger partial charge in [0.1, 0.15) is 16.7 Å². The lowest BCUT2D eigenvalue weighted by Gasteiger charge is -2.36. The summed E-state index contributed by atoms with van der Waals surface area (Å²) in [6.07, 6.45) is 0.0987. The van der Waals surface area contributed by atoms with Crippen LogP contribution < -0.4 is 14.5 Å². The first kappa shape index (κ1) is 23.9. The smallest absolute Gasteiger partial charge is 0.233 e. The number of aromatic nitrogens is 2. The number of hydrogen-bond donors (Lipinski definition) is 0. The maximum Gasteiger partial charge on any atom is 0.233 e. The summed E-state index contributed by atoms with van der Waals surface area (Å²) in [5, 5.41) is 0.916. The molecular weight excluding hydrogens is 462 g/mol. The number of carbonyl (C=O) groups excluding carboxylic acids is 1. The molecule has 2 aromatic rings. The molecule has 2 atom stereocenters. The second kappa shape index (κ2) is 10.8. The molecule has 4 rings (SSSR count). The van der Waals surface area contributed by atoms with Crippen LogP contribution in [0.25, 0.3) is 0 Å². The van der Waals surface area contributed by atoms with E-state index < -0.39 is 0 Å². The lowest BCUT2D eigenvalue weighted by atomic mass is 10.2. The van der Waals surface area contributed by atoms with Crippen molar-refractivity contribution in [1.82, 2.24) is 14.9 Å². The lowest BCUT2D eigenvalue weighted by Crippen LogP contribution is -2.48.